The second-order valence-electron chi connectivity index (χ2n) is 8.83. The van der Waals surface area contributed by atoms with Crippen LogP contribution in [-0.4, -0.2) is 127 Å². The molecule has 0 spiro atoms. The summed E-state index contributed by atoms with van der Waals surface area (Å²) in [5, 5.41) is 62.0. The number of aromatic nitrogens is 2. The molecule has 0 amide bonds. The molecule has 39 heavy (non-hydrogen) atoms. The summed E-state index contributed by atoms with van der Waals surface area (Å²) in [6.07, 6.45) is -11.4. The van der Waals surface area contributed by atoms with Crippen molar-refractivity contribution in [1.82, 2.24) is 9.97 Å². The minimum atomic E-state index is -1.85. The summed E-state index contributed by atoms with van der Waals surface area (Å²) in [5.41, 5.74) is 0.344. The van der Waals surface area contributed by atoms with Gasteiger partial charge in [-0.05, 0) is 24.3 Å². The molecule has 2 aliphatic rings. The van der Waals surface area contributed by atoms with Crippen LogP contribution in [0.15, 0.2) is 49.1 Å². The molecule has 0 bridgehead atoms. The average Bonchev–Trinajstić information content (AvgIpc) is 2.96. The van der Waals surface area contributed by atoms with Crippen molar-refractivity contribution in [2.75, 3.05) is 13.2 Å². The smallest absolute Gasteiger partial charge is 0.338 e. The maximum Gasteiger partial charge on any atom is 0.338 e. The second kappa shape index (κ2) is 12.8. The highest BCUT2D eigenvalue weighted by Crippen LogP contribution is 2.28. The summed E-state index contributed by atoms with van der Waals surface area (Å²) >= 11 is 0. The minimum Gasteiger partial charge on any atom is -0.459 e. The molecule has 0 unspecified atom stereocenters. The van der Waals surface area contributed by atoms with Gasteiger partial charge in [0.2, 0.25) is 0 Å². The van der Waals surface area contributed by atoms with E-state index in [4.69, 9.17) is 23.7 Å². The topological polar surface area (TPSA) is 227 Å². The zero-order chi connectivity index (χ0) is 28.1. The highest BCUT2D eigenvalue weighted by Gasteiger charge is 2.50. The van der Waals surface area contributed by atoms with Crippen molar-refractivity contribution < 1.29 is 63.9 Å². The quantitative estimate of drug-likeness (QED) is 0.181. The summed E-state index contributed by atoms with van der Waals surface area (Å²) in [6, 6.07) is 5.60. The van der Waals surface area contributed by atoms with Crippen LogP contribution in [0.4, 0.5) is 0 Å². The van der Waals surface area contributed by atoms with Gasteiger partial charge in [-0.15, -0.1) is 0 Å². The van der Waals surface area contributed by atoms with Gasteiger partial charge in [0.05, 0.1) is 11.1 Å². The Morgan fingerprint density at radius 2 is 0.974 bits per heavy atom. The molecule has 6 N–H and O–H groups in total. The van der Waals surface area contributed by atoms with Crippen molar-refractivity contribution >= 4 is 11.9 Å². The molecule has 0 radical (unpaired) electrons. The molecule has 10 atom stereocenters. The summed E-state index contributed by atoms with van der Waals surface area (Å²) in [7, 11) is 0. The molecule has 2 saturated heterocycles. The molecule has 4 heterocycles. The van der Waals surface area contributed by atoms with Gasteiger partial charge in [-0.2, -0.15) is 0 Å². The van der Waals surface area contributed by atoms with Crippen molar-refractivity contribution in [3.8, 4) is 0 Å². The molecule has 2 fully saturated rings. The lowest BCUT2D eigenvalue weighted by molar-refractivity contribution is -0.376. The monoisotopic (exact) mass is 552 g/mol. The first-order valence-corrected chi connectivity index (χ1v) is 11.9. The Hall–Kier alpha value is -3.12. The Labute approximate surface area is 221 Å². The molecular weight excluding hydrogens is 524 g/mol. The van der Waals surface area contributed by atoms with Crippen LogP contribution in [0.2, 0.25) is 0 Å². The number of hydrogen-bond acceptors (Lipinski definition) is 15. The lowest BCUT2D eigenvalue weighted by Crippen LogP contribution is -2.64. The highest BCUT2D eigenvalue weighted by atomic mass is 16.8. The zero-order valence-electron chi connectivity index (χ0n) is 20.2. The van der Waals surface area contributed by atoms with Gasteiger partial charge in [-0.3, -0.25) is 9.97 Å². The van der Waals surface area contributed by atoms with Crippen LogP contribution < -0.4 is 0 Å². The lowest BCUT2D eigenvalue weighted by Gasteiger charge is -2.44. The number of ether oxygens (including phenoxy) is 5. The van der Waals surface area contributed by atoms with Crippen molar-refractivity contribution in [2.45, 2.75) is 61.4 Å². The number of carbonyl (C=O) groups excluding carboxylic acids is 2. The van der Waals surface area contributed by atoms with Gasteiger partial charge in [-0.1, -0.05) is 0 Å². The Bertz CT molecular complexity index is 1010. The number of hydrogen-bond donors (Lipinski definition) is 6. The number of aliphatic hydroxyl groups is 6. The number of esters is 2. The summed E-state index contributed by atoms with van der Waals surface area (Å²) in [6.45, 7) is -1.09. The second-order valence-corrected chi connectivity index (χ2v) is 8.83. The predicted octanol–water partition coefficient (Wildman–Crippen LogP) is -2.88. The zero-order valence-corrected chi connectivity index (χ0v) is 20.2. The Morgan fingerprint density at radius 3 is 1.33 bits per heavy atom. The van der Waals surface area contributed by atoms with E-state index in [1.165, 1.54) is 49.1 Å². The number of pyridine rings is 2. The predicted molar refractivity (Wildman–Crippen MR) is 123 cm³/mol. The fourth-order valence-corrected chi connectivity index (χ4v) is 3.92. The third kappa shape index (κ3) is 6.73. The number of nitrogens with zero attached hydrogens (tertiary/aromatic N) is 2. The number of aliphatic hydroxyl groups excluding tert-OH is 6. The van der Waals surface area contributed by atoms with Crippen LogP contribution in [-0.2, 0) is 23.7 Å². The molecule has 2 aliphatic heterocycles. The molecule has 4 rings (SSSR count). The molecule has 0 aliphatic carbocycles. The summed E-state index contributed by atoms with van der Waals surface area (Å²) in [5.74, 6) is -1.53. The Balaban J connectivity index is 1.38. The first kappa shape index (κ1) is 28.9. The molecule has 212 valence electrons. The summed E-state index contributed by atoms with van der Waals surface area (Å²) < 4.78 is 26.6. The van der Waals surface area contributed by atoms with Crippen molar-refractivity contribution in [3.05, 3.63) is 60.2 Å². The summed E-state index contributed by atoms with van der Waals surface area (Å²) in [4.78, 5) is 32.0. The average molecular weight is 552 g/mol. The first-order valence-electron chi connectivity index (χ1n) is 11.9. The van der Waals surface area contributed by atoms with Gasteiger partial charge in [0.15, 0.2) is 12.6 Å². The van der Waals surface area contributed by atoms with E-state index in [9.17, 15) is 40.2 Å². The molecule has 15 heteroatoms. The van der Waals surface area contributed by atoms with E-state index in [1.54, 1.807) is 0 Å². The molecule has 15 nitrogen and oxygen atoms in total. The van der Waals surface area contributed by atoms with Gasteiger partial charge < -0.3 is 54.3 Å². The van der Waals surface area contributed by atoms with E-state index in [-0.39, 0.29) is 11.1 Å². The third-order valence-corrected chi connectivity index (χ3v) is 6.19. The fraction of sp³-hybridized carbons (Fsp3) is 0.500. The van der Waals surface area contributed by atoms with Gasteiger partial charge in [0.1, 0.15) is 62.0 Å². The van der Waals surface area contributed by atoms with Crippen LogP contribution in [0.1, 0.15) is 20.7 Å². The van der Waals surface area contributed by atoms with Gasteiger partial charge in [0.25, 0.3) is 0 Å². The molecule has 2 aromatic rings. The van der Waals surface area contributed by atoms with Crippen molar-refractivity contribution in [1.29, 1.82) is 0 Å². The normalized spacial score (nSPS) is 34.7. The SMILES string of the molecule is O=C(OC[C@H]1O[C@H](O[C@H]2O[C@H](COC(=O)c3ccncc3)[C@@H](O)[C@H](O)[C@H]2O)[C@H](O)[C@@H](O)[C@@H]1O)c1ccncc1. The maximum atomic E-state index is 12.2. The van der Waals surface area contributed by atoms with Crippen LogP contribution in [0.25, 0.3) is 0 Å². The largest absolute Gasteiger partial charge is 0.459 e. The lowest BCUT2D eigenvalue weighted by atomic mass is 9.98. The van der Waals surface area contributed by atoms with E-state index in [0.29, 0.717) is 0 Å². The first-order chi connectivity index (χ1) is 18.7. The van der Waals surface area contributed by atoms with Gasteiger partial charge in [0, 0.05) is 24.8 Å². The van der Waals surface area contributed by atoms with Crippen molar-refractivity contribution in [3.63, 3.8) is 0 Å². The van der Waals surface area contributed by atoms with Crippen LogP contribution >= 0.6 is 0 Å². The maximum absolute atomic E-state index is 12.2. The molecule has 0 aromatic carbocycles. The molecular formula is C24H28N2O13. The van der Waals surface area contributed by atoms with Crippen LogP contribution in [0.5, 0.6) is 0 Å². The Kier molecular flexibility index (Phi) is 9.49. The van der Waals surface area contributed by atoms with E-state index in [0.717, 1.165) is 0 Å². The van der Waals surface area contributed by atoms with E-state index in [2.05, 4.69) is 9.97 Å². The molecule has 2 aromatic heterocycles. The van der Waals surface area contributed by atoms with E-state index < -0.39 is 86.6 Å². The highest BCUT2D eigenvalue weighted by molar-refractivity contribution is 5.89. The van der Waals surface area contributed by atoms with Crippen LogP contribution in [0, 0.1) is 0 Å². The van der Waals surface area contributed by atoms with Crippen LogP contribution in [0.3, 0.4) is 0 Å². The van der Waals surface area contributed by atoms with Crippen molar-refractivity contribution in [2.24, 2.45) is 0 Å². The molecule has 0 saturated carbocycles. The number of rotatable bonds is 8. The standard InChI is InChI=1S/C24H28N2O13/c27-15-13(9-35-21(33)11-1-5-25-6-2-11)37-23(19(31)17(15)29)39-24-20(32)18(30)16(28)14(38-24)10-36-22(34)12-3-7-26-8-4-12/h1-8,13-20,23-24,27-32H,9-10H2/t13-,14-,15-,16-,17+,18+,19-,20-,23-,24-/m1/s1. The van der Waals surface area contributed by atoms with Gasteiger partial charge in [-0.25, -0.2) is 9.59 Å². The minimum absolute atomic E-state index is 0.172. The number of carbonyl (C=O) groups is 2. The third-order valence-electron chi connectivity index (χ3n) is 6.19. The van der Waals surface area contributed by atoms with E-state index in [1.807, 2.05) is 0 Å². The fourth-order valence-electron chi connectivity index (χ4n) is 3.92. The van der Waals surface area contributed by atoms with Gasteiger partial charge >= 0.3 is 11.9 Å². The Morgan fingerprint density at radius 1 is 0.615 bits per heavy atom. The van der Waals surface area contributed by atoms with E-state index >= 15 is 0 Å².